The molecule has 7 nitrogen and oxygen atoms in total. The van der Waals surface area contributed by atoms with Gasteiger partial charge >= 0.3 is 0 Å². The zero-order chi connectivity index (χ0) is 17.2. The molecular formula is C18H22N6O. The lowest BCUT2D eigenvalue weighted by atomic mass is 10.2. The summed E-state index contributed by atoms with van der Waals surface area (Å²) in [6.45, 7) is 8.64. The highest BCUT2D eigenvalue weighted by Gasteiger charge is 2.19. The maximum absolute atomic E-state index is 5.15. The molecule has 4 heterocycles. The number of hydrogen-bond acceptors (Lipinski definition) is 6. The van der Waals surface area contributed by atoms with E-state index in [0.717, 1.165) is 61.6 Å². The lowest BCUT2D eigenvalue weighted by Gasteiger charge is -2.35. The van der Waals surface area contributed by atoms with Gasteiger partial charge < -0.3 is 9.42 Å². The predicted octanol–water partition coefficient (Wildman–Crippen LogP) is 2.19. The Morgan fingerprint density at radius 3 is 2.56 bits per heavy atom. The Hall–Kier alpha value is -2.67. The van der Waals surface area contributed by atoms with Crippen molar-refractivity contribution >= 4 is 5.82 Å². The third-order valence-electron chi connectivity index (χ3n) is 4.55. The summed E-state index contributed by atoms with van der Waals surface area (Å²) in [5.74, 6) is 3.73. The minimum absolute atomic E-state index is 0.840. The number of hydrogen-bond donors (Lipinski definition) is 0. The molecule has 0 aliphatic carbocycles. The molecule has 0 saturated carbocycles. The monoisotopic (exact) mass is 338 g/mol. The zero-order valence-corrected chi connectivity index (χ0v) is 14.6. The van der Waals surface area contributed by atoms with E-state index in [1.165, 1.54) is 0 Å². The lowest BCUT2D eigenvalue weighted by Crippen LogP contribution is -2.46. The van der Waals surface area contributed by atoms with Crippen LogP contribution in [0.5, 0.6) is 0 Å². The molecule has 0 bridgehead atoms. The minimum atomic E-state index is 0.840. The van der Waals surface area contributed by atoms with E-state index in [4.69, 9.17) is 9.51 Å². The molecule has 0 atom stereocenters. The highest BCUT2D eigenvalue weighted by Crippen LogP contribution is 2.18. The molecule has 130 valence electrons. The molecule has 3 aromatic heterocycles. The Morgan fingerprint density at radius 1 is 1.08 bits per heavy atom. The fourth-order valence-corrected chi connectivity index (χ4v) is 3.20. The van der Waals surface area contributed by atoms with Gasteiger partial charge in [0.1, 0.15) is 23.2 Å². The number of aromatic nitrogens is 4. The smallest absolute Gasteiger partial charge is 0.140 e. The molecule has 0 amide bonds. The number of anilines is 1. The number of piperazine rings is 1. The Balaban J connectivity index is 1.41. The van der Waals surface area contributed by atoms with Crippen molar-refractivity contribution in [2.45, 2.75) is 20.4 Å². The molecule has 4 rings (SSSR count). The average molecular weight is 338 g/mol. The molecule has 1 fully saturated rings. The molecular weight excluding hydrogens is 316 g/mol. The molecule has 0 spiro atoms. The summed E-state index contributed by atoms with van der Waals surface area (Å²) in [7, 11) is 0. The molecule has 7 heteroatoms. The number of imidazole rings is 1. The maximum Gasteiger partial charge on any atom is 0.140 e. The van der Waals surface area contributed by atoms with Crippen LogP contribution in [0.15, 0.2) is 41.2 Å². The van der Waals surface area contributed by atoms with E-state index < -0.39 is 0 Å². The highest BCUT2D eigenvalue weighted by atomic mass is 16.5. The van der Waals surface area contributed by atoms with Crippen LogP contribution in [-0.4, -0.2) is 50.8 Å². The first kappa shape index (κ1) is 15.8. The molecule has 3 aromatic rings. The SMILES string of the molecule is Cc1cc(CN2CCN(c3cccc(-n4ccnc4C)n3)CC2)no1. The van der Waals surface area contributed by atoms with Gasteiger partial charge in [-0.15, -0.1) is 0 Å². The topological polar surface area (TPSA) is 63.2 Å². The van der Waals surface area contributed by atoms with E-state index in [-0.39, 0.29) is 0 Å². The molecule has 25 heavy (non-hydrogen) atoms. The van der Waals surface area contributed by atoms with Gasteiger partial charge in [-0.3, -0.25) is 9.47 Å². The van der Waals surface area contributed by atoms with Gasteiger partial charge in [-0.1, -0.05) is 11.2 Å². The molecule has 1 aliphatic rings. The van der Waals surface area contributed by atoms with Gasteiger partial charge in [-0.2, -0.15) is 0 Å². The average Bonchev–Trinajstić information content (AvgIpc) is 3.24. The number of nitrogens with zero attached hydrogens (tertiary/aromatic N) is 6. The van der Waals surface area contributed by atoms with E-state index in [0.29, 0.717) is 0 Å². The molecule has 1 saturated heterocycles. The van der Waals surface area contributed by atoms with Crippen LogP contribution >= 0.6 is 0 Å². The lowest BCUT2D eigenvalue weighted by molar-refractivity contribution is 0.241. The second-order valence-electron chi connectivity index (χ2n) is 6.39. The summed E-state index contributed by atoms with van der Waals surface area (Å²) in [6, 6.07) is 8.15. The van der Waals surface area contributed by atoms with Gasteiger partial charge in [0.25, 0.3) is 0 Å². The Kier molecular flexibility index (Phi) is 4.23. The summed E-state index contributed by atoms with van der Waals surface area (Å²) in [5.41, 5.74) is 1.00. The minimum Gasteiger partial charge on any atom is -0.361 e. The van der Waals surface area contributed by atoms with E-state index in [1.807, 2.05) is 36.7 Å². The van der Waals surface area contributed by atoms with Crippen LogP contribution in [0.25, 0.3) is 5.82 Å². The van der Waals surface area contributed by atoms with Gasteiger partial charge in [0.15, 0.2) is 0 Å². The summed E-state index contributed by atoms with van der Waals surface area (Å²) < 4.78 is 7.16. The predicted molar refractivity (Wildman–Crippen MR) is 94.8 cm³/mol. The zero-order valence-electron chi connectivity index (χ0n) is 14.6. The van der Waals surface area contributed by atoms with Gasteiger partial charge in [0, 0.05) is 51.2 Å². The molecule has 0 unspecified atom stereocenters. The van der Waals surface area contributed by atoms with Crippen LogP contribution in [0, 0.1) is 13.8 Å². The van der Waals surface area contributed by atoms with Crippen LogP contribution in [0.2, 0.25) is 0 Å². The van der Waals surface area contributed by atoms with E-state index in [9.17, 15) is 0 Å². The van der Waals surface area contributed by atoms with Crippen molar-refractivity contribution in [3.8, 4) is 5.82 Å². The van der Waals surface area contributed by atoms with E-state index in [1.54, 1.807) is 6.20 Å². The second kappa shape index (κ2) is 6.68. The van der Waals surface area contributed by atoms with E-state index in [2.05, 4.69) is 32.1 Å². The van der Waals surface area contributed by atoms with Gasteiger partial charge in [0.2, 0.25) is 0 Å². The summed E-state index contributed by atoms with van der Waals surface area (Å²) >= 11 is 0. The van der Waals surface area contributed by atoms with Crippen molar-refractivity contribution in [1.29, 1.82) is 0 Å². The van der Waals surface area contributed by atoms with Crippen LogP contribution < -0.4 is 4.90 Å². The molecule has 0 aromatic carbocycles. The standard InChI is InChI=1S/C18H22N6O/c1-14-12-16(21-25-14)13-22-8-10-23(11-9-22)17-4-3-5-18(20-17)24-7-6-19-15(24)2/h3-7,12H,8-11,13H2,1-2H3. The van der Waals surface area contributed by atoms with Crippen molar-refractivity contribution < 1.29 is 4.52 Å². The summed E-state index contributed by atoms with van der Waals surface area (Å²) in [4.78, 5) is 13.8. The maximum atomic E-state index is 5.15. The molecule has 0 radical (unpaired) electrons. The van der Waals surface area contributed by atoms with Crippen LogP contribution in [-0.2, 0) is 6.54 Å². The van der Waals surface area contributed by atoms with Crippen molar-refractivity contribution in [3.05, 3.63) is 53.9 Å². The van der Waals surface area contributed by atoms with Gasteiger partial charge in [-0.05, 0) is 26.0 Å². The van der Waals surface area contributed by atoms with Crippen LogP contribution in [0.4, 0.5) is 5.82 Å². The highest BCUT2D eigenvalue weighted by molar-refractivity contribution is 5.43. The van der Waals surface area contributed by atoms with Crippen molar-refractivity contribution in [2.75, 3.05) is 31.1 Å². The fourth-order valence-electron chi connectivity index (χ4n) is 3.20. The van der Waals surface area contributed by atoms with Crippen molar-refractivity contribution in [3.63, 3.8) is 0 Å². The van der Waals surface area contributed by atoms with Crippen LogP contribution in [0.3, 0.4) is 0 Å². The normalized spacial score (nSPS) is 15.7. The van der Waals surface area contributed by atoms with Gasteiger partial charge in [0.05, 0.1) is 5.69 Å². The number of aryl methyl sites for hydroxylation is 2. The first-order valence-electron chi connectivity index (χ1n) is 8.56. The van der Waals surface area contributed by atoms with Crippen molar-refractivity contribution in [2.24, 2.45) is 0 Å². The molecule has 1 aliphatic heterocycles. The first-order valence-corrected chi connectivity index (χ1v) is 8.56. The third kappa shape index (κ3) is 3.41. The molecule has 0 N–H and O–H groups in total. The van der Waals surface area contributed by atoms with Crippen LogP contribution in [0.1, 0.15) is 17.3 Å². The summed E-state index contributed by atoms with van der Waals surface area (Å²) in [6.07, 6.45) is 3.74. The van der Waals surface area contributed by atoms with Gasteiger partial charge in [-0.25, -0.2) is 9.97 Å². The number of rotatable bonds is 4. The third-order valence-corrected chi connectivity index (χ3v) is 4.55. The Morgan fingerprint density at radius 2 is 1.88 bits per heavy atom. The first-order chi connectivity index (χ1) is 12.2. The largest absolute Gasteiger partial charge is 0.361 e. The fraction of sp³-hybridized carbons (Fsp3) is 0.389. The quantitative estimate of drug-likeness (QED) is 0.727. The Labute approximate surface area is 146 Å². The van der Waals surface area contributed by atoms with Crippen molar-refractivity contribution in [1.82, 2.24) is 24.6 Å². The summed E-state index contributed by atoms with van der Waals surface area (Å²) in [5, 5.41) is 4.08. The second-order valence-corrected chi connectivity index (χ2v) is 6.39. The number of pyridine rings is 1. The Bertz CT molecular complexity index is 847. The van der Waals surface area contributed by atoms with E-state index >= 15 is 0 Å².